The molecule has 23 heavy (non-hydrogen) atoms. The van der Waals surface area contributed by atoms with E-state index in [1.165, 1.54) is 17.8 Å². The maximum atomic E-state index is 13.6. The number of hydrogen-bond donors (Lipinski definition) is 0. The molecule has 1 saturated carbocycles. The van der Waals surface area contributed by atoms with Crippen LogP contribution in [-0.2, 0) is 6.54 Å². The van der Waals surface area contributed by atoms with Crippen molar-refractivity contribution < 1.29 is 4.39 Å². The minimum atomic E-state index is -0.192. The summed E-state index contributed by atoms with van der Waals surface area (Å²) < 4.78 is 14.1. The first-order valence-electron chi connectivity index (χ1n) is 7.93. The van der Waals surface area contributed by atoms with Gasteiger partial charge in [0.05, 0.1) is 4.47 Å². The zero-order valence-electron chi connectivity index (χ0n) is 12.7. The lowest BCUT2D eigenvalue weighted by molar-refractivity contribution is 0.249. The first kappa shape index (κ1) is 15.5. The molecule has 2 aromatic rings. The SMILES string of the molecule is Fc1cc(CN2CCN(c3nnc(C4CC4)s3)CC2)ccc1Br. The fraction of sp³-hybridized carbons (Fsp3) is 0.500. The molecule has 2 aliphatic rings. The van der Waals surface area contributed by atoms with E-state index < -0.39 is 0 Å². The third-order valence-electron chi connectivity index (χ3n) is 4.39. The molecule has 0 spiro atoms. The number of benzene rings is 1. The van der Waals surface area contributed by atoms with Gasteiger partial charge in [-0.15, -0.1) is 10.2 Å². The van der Waals surface area contributed by atoms with E-state index in [2.05, 4.69) is 35.9 Å². The molecule has 1 aromatic heterocycles. The van der Waals surface area contributed by atoms with E-state index in [0.717, 1.165) is 43.4 Å². The molecule has 0 atom stereocenters. The zero-order chi connectivity index (χ0) is 15.8. The lowest BCUT2D eigenvalue weighted by Gasteiger charge is -2.34. The van der Waals surface area contributed by atoms with Gasteiger partial charge < -0.3 is 4.90 Å². The highest BCUT2D eigenvalue weighted by atomic mass is 79.9. The van der Waals surface area contributed by atoms with Crippen molar-refractivity contribution in [3.8, 4) is 0 Å². The Kier molecular flexibility index (Phi) is 4.34. The molecule has 0 amide bonds. The summed E-state index contributed by atoms with van der Waals surface area (Å²) in [5.74, 6) is 0.484. The first-order valence-corrected chi connectivity index (χ1v) is 9.54. The maximum absolute atomic E-state index is 13.6. The molecule has 0 N–H and O–H groups in total. The highest BCUT2D eigenvalue weighted by molar-refractivity contribution is 9.10. The van der Waals surface area contributed by atoms with Gasteiger partial charge in [-0.1, -0.05) is 17.4 Å². The van der Waals surface area contributed by atoms with Crippen LogP contribution in [0.1, 0.15) is 29.3 Å². The fourth-order valence-corrected chi connectivity index (χ4v) is 4.15. The van der Waals surface area contributed by atoms with Crippen molar-refractivity contribution in [3.05, 3.63) is 39.1 Å². The Labute approximate surface area is 147 Å². The van der Waals surface area contributed by atoms with Gasteiger partial charge in [-0.05, 0) is 46.5 Å². The van der Waals surface area contributed by atoms with Crippen LogP contribution in [0.25, 0.3) is 0 Å². The molecule has 1 aromatic carbocycles. The zero-order valence-corrected chi connectivity index (χ0v) is 15.1. The van der Waals surface area contributed by atoms with Gasteiger partial charge >= 0.3 is 0 Å². The molecule has 122 valence electrons. The minimum Gasteiger partial charge on any atom is -0.344 e. The molecule has 7 heteroatoms. The molecule has 4 nitrogen and oxygen atoms in total. The molecule has 1 saturated heterocycles. The number of aromatic nitrogens is 2. The van der Waals surface area contributed by atoms with Crippen molar-refractivity contribution in [1.29, 1.82) is 0 Å². The standard InChI is InChI=1S/C16H18BrFN4S/c17-13-4-1-11(9-14(13)18)10-21-5-7-22(8-6-21)16-20-19-15(23-16)12-2-3-12/h1,4,9,12H,2-3,5-8,10H2. The molecule has 1 aliphatic heterocycles. The second kappa shape index (κ2) is 6.45. The normalized spacial score (nSPS) is 19.3. The van der Waals surface area contributed by atoms with Crippen LogP contribution in [0.4, 0.5) is 9.52 Å². The Morgan fingerprint density at radius 3 is 2.65 bits per heavy atom. The van der Waals surface area contributed by atoms with Crippen LogP contribution < -0.4 is 4.90 Å². The van der Waals surface area contributed by atoms with E-state index in [4.69, 9.17) is 0 Å². The van der Waals surface area contributed by atoms with E-state index in [1.54, 1.807) is 23.5 Å². The Morgan fingerprint density at radius 2 is 1.96 bits per heavy atom. The summed E-state index contributed by atoms with van der Waals surface area (Å²) in [6.45, 7) is 4.64. The minimum absolute atomic E-state index is 0.192. The summed E-state index contributed by atoms with van der Waals surface area (Å²) >= 11 is 4.95. The van der Waals surface area contributed by atoms with Crippen LogP contribution in [-0.4, -0.2) is 41.3 Å². The lowest BCUT2D eigenvalue weighted by Crippen LogP contribution is -2.45. The van der Waals surface area contributed by atoms with Gasteiger partial charge in [0.2, 0.25) is 5.13 Å². The quantitative estimate of drug-likeness (QED) is 0.789. The summed E-state index contributed by atoms with van der Waals surface area (Å²) in [4.78, 5) is 4.68. The molecule has 4 rings (SSSR count). The molecular weight excluding hydrogens is 379 g/mol. The third kappa shape index (κ3) is 3.56. The van der Waals surface area contributed by atoms with Crippen LogP contribution >= 0.6 is 27.3 Å². The van der Waals surface area contributed by atoms with Gasteiger partial charge in [-0.3, -0.25) is 4.90 Å². The van der Waals surface area contributed by atoms with Crippen molar-refractivity contribution in [1.82, 2.24) is 15.1 Å². The highest BCUT2D eigenvalue weighted by Crippen LogP contribution is 2.42. The van der Waals surface area contributed by atoms with Crippen molar-refractivity contribution in [3.63, 3.8) is 0 Å². The number of rotatable bonds is 4. The summed E-state index contributed by atoms with van der Waals surface area (Å²) in [5.41, 5.74) is 1.02. The number of hydrogen-bond acceptors (Lipinski definition) is 5. The predicted octanol–water partition coefficient (Wildman–Crippen LogP) is 3.64. The van der Waals surface area contributed by atoms with Crippen LogP contribution in [0.2, 0.25) is 0 Å². The van der Waals surface area contributed by atoms with Gasteiger partial charge in [-0.25, -0.2) is 4.39 Å². The van der Waals surface area contributed by atoms with Crippen molar-refractivity contribution in [2.75, 3.05) is 31.1 Å². The molecule has 0 radical (unpaired) electrons. The van der Waals surface area contributed by atoms with E-state index in [1.807, 2.05) is 6.07 Å². The van der Waals surface area contributed by atoms with Gasteiger partial charge in [0.1, 0.15) is 10.8 Å². The highest BCUT2D eigenvalue weighted by Gasteiger charge is 2.29. The largest absolute Gasteiger partial charge is 0.344 e. The van der Waals surface area contributed by atoms with Crippen LogP contribution in [0, 0.1) is 5.82 Å². The lowest BCUT2D eigenvalue weighted by atomic mass is 10.2. The molecule has 1 aliphatic carbocycles. The average molecular weight is 397 g/mol. The topological polar surface area (TPSA) is 32.3 Å². The van der Waals surface area contributed by atoms with E-state index in [9.17, 15) is 4.39 Å². The van der Waals surface area contributed by atoms with Gasteiger partial charge in [-0.2, -0.15) is 0 Å². The second-order valence-electron chi connectivity index (χ2n) is 6.21. The van der Waals surface area contributed by atoms with Gasteiger partial charge in [0, 0.05) is 38.6 Å². The number of anilines is 1. The van der Waals surface area contributed by atoms with Crippen LogP contribution in [0.3, 0.4) is 0 Å². The van der Waals surface area contributed by atoms with E-state index in [-0.39, 0.29) is 5.82 Å². The Balaban J connectivity index is 1.33. The van der Waals surface area contributed by atoms with Crippen molar-refractivity contribution >= 4 is 32.4 Å². The average Bonchev–Trinajstić information content (AvgIpc) is 3.29. The molecule has 0 bridgehead atoms. The van der Waals surface area contributed by atoms with E-state index in [0.29, 0.717) is 10.4 Å². The second-order valence-corrected chi connectivity index (χ2v) is 8.05. The molecule has 2 heterocycles. The third-order valence-corrected chi connectivity index (χ3v) is 6.18. The fourth-order valence-electron chi connectivity index (χ4n) is 2.84. The molecular formula is C16H18BrFN4S. The summed E-state index contributed by atoms with van der Waals surface area (Å²) in [6, 6.07) is 5.37. The number of halogens is 2. The Morgan fingerprint density at radius 1 is 1.17 bits per heavy atom. The number of piperazine rings is 1. The monoisotopic (exact) mass is 396 g/mol. The smallest absolute Gasteiger partial charge is 0.208 e. The van der Waals surface area contributed by atoms with E-state index >= 15 is 0 Å². The van der Waals surface area contributed by atoms with Crippen molar-refractivity contribution in [2.45, 2.75) is 25.3 Å². The first-order chi connectivity index (χ1) is 11.2. The summed E-state index contributed by atoms with van der Waals surface area (Å²) in [7, 11) is 0. The maximum Gasteiger partial charge on any atom is 0.208 e. The molecule has 2 fully saturated rings. The summed E-state index contributed by atoms with van der Waals surface area (Å²) in [6.07, 6.45) is 2.54. The van der Waals surface area contributed by atoms with Gasteiger partial charge in [0.25, 0.3) is 0 Å². The molecule has 0 unspecified atom stereocenters. The van der Waals surface area contributed by atoms with Crippen LogP contribution in [0.5, 0.6) is 0 Å². The predicted molar refractivity (Wildman–Crippen MR) is 93.5 cm³/mol. The Bertz CT molecular complexity index is 695. The van der Waals surface area contributed by atoms with Crippen molar-refractivity contribution in [2.24, 2.45) is 0 Å². The van der Waals surface area contributed by atoms with Gasteiger partial charge in [0.15, 0.2) is 0 Å². The van der Waals surface area contributed by atoms with Crippen LogP contribution in [0.15, 0.2) is 22.7 Å². The Hall–Kier alpha value is -1.05. The number of nitrogens with zero attached hydrogens (tertiary/aromatic N) is 4. The summed E-state index contributed by atoms with van der Waals surface area (Å²) in [5, 5.41) is 10.9.